The van der Waals surface area contributed by atoms with Crippen LogP contribution in [0.25, 0.3) is 0 Å². The van der Waals surface area contributed by atoms with Crippen molar-refractivity contribution in [3.8, 4) is 0 Å². The van der Waals surface area contributed by atoms with Gasteiger partial charge in [-0.1, -0.05) is 35.9 Å². The van der Waals surface area contributed by atoms with Gasteiger partial charge in [-0.05, 0) is 37.6 Å². The van der Waals surface area contributed by atoms with Crippen molar-refractivity contribution in [3.05, 3.63) is 65.7 Å². The molecule has 2 aromatic rings. The van der Waals surface area contributed by atoms with E-state index >= 15 is 0 Å². The third-order valence-electron chi connectivity index (χ3n) is 4.60. The molecule has 1 unspecified atom stereocenters. The van der Waals surface area contributed by atoms with Crippen LogP contribution in [0.3, 0.4) is 0 Å². The Bertz CT molecular complexity index is 725. The third kappa shape index (κ3) is 3.32. The summed E-state index contributed by atoms with van der Waals surface area (Å²) in [6, 6.07) is 17.2. The van der Waals surface area contributed by atoms with E-state index in [1.807, 2.05) is 61.5 Å². The highest BCUT2D eigenvalue weighted by Gasteiger charge is 2.33. The second kappa shape index (κ2) is 6.87. The first-order valence-electron chi connectivity index (χ1n) is 8.25. The van der Waals surface area contributed by atoms with Gasteiger partial charge in [0.2, 0.25) is 5.91 Å². The number of benzene rings is 2. The Hall–Kier alpha value is -2.62. The van der Waals surface area contributed by atoms with Crippen LogP contribution in [0.2, 0.25) is 0 Å². The number of aryl methyl sites for hydroxylation is 1. The summed E-state index contributed by atoms with van der Waals surface area (Å²) in [5, 5.41) is 0. The molecular formula is C20H22N2O2. The molecule has 4 nitrogen and oxygen atoms in total. The standard InChI is InChI=1S/C20H22N2O2/c1-15-8-10-16(11-9-15)20(24)22-13-12-17(14-22)19(23)21(2)18-6-4-3-5-7-18/h3-11,17H,12-14H2,1-2H3. The van der Waals surface area contributed by atoms with Gasteiger partial charge in [-0.2, -0.15) is 0 Å². The summed E-state index contributed by atoms with van der Waals surface area (Å²) in [5.74, 6) is -0.0577. The molecule has 124 valence electrons. The number of hydrogen-bond donors (Lipinski definition) is 0. The van der Waals surface area contributed by atoms with Gasteiger partial charge in [0, 0.05) is 31.4 Å². The van der Waals surface area contributed by atoms with Crippen molar-refractivity contribution < 1.29 is 9.59 Å². The molecule has 1 heterocycles. The number of hydrogen-bond acceptors (Lipinski definition) is 2. The van der Waals surface area contributed by atoms with Crippen molar-refractivity contribution in [2.75, 3.05) is 25.0 Å². The number of anilines is 1. The van der Waals surface area contributed by atoms with E-state index in [4.69, 9.17) is 0 Å². The lowest BCUT2D eigenvalue weighted by atomic mass is 10.1. The van der Waals surface area contributed by atoms with E-state index in [0.29, 0.717) is 25.1 Å². The zero-order valence-electron chi connectivity index (χ0n) is 14.1. The van der Waals surface area contributed by atoms with Crippen molar-refractivity contribution in [3.63, 3.8) is 0 Å². The zero-order chi connectivity index (χ0) is 17.1. The molecule has 1 fully saturated rings. The van der Waals surface area contributed by atoms with Gasteiger partial charge in [0.05, 0.1) is 5.92 Å². The number of para-hydroxylation sites is 1. The lowest BCUT2D eigenvalue weighted by molar-refractivity contribution is -0.121. The largest absolute Gasteiger partial charge is 0.338 e. The number of carbonyl (C=O) groups excluding carboxylic acids is 2. The molecule has 1 atom stereocenters. The number of nitrogens with zero attached hydrogens (tertiary/aromatic N) is 2. The molecule has 0 spiro atoms. The van der Waals surface area contributed by atoms with Crippen molar-refractivity contribution in [1.29, 1.82) is 0 Å². The van der Waals surface area contributed by atoms with Crippen LogP contribution in [-0.2, 0) is 4.79 Å². The fraction of sp³-hybridized carbons (Fsp3) is 0.300. The van der Waals surface area contributed by atoms with Crippen LogP contribution in [-0.4, -0.2) is 36.9 Å². The van der Waals surface area contributed by atoms with E-state index < -0.39 is 0 Å². The molecule has 4 heteroatoms. The van der Waals surface area contributed by atoms with Crippen molar-refractivity contribution in [2.45, 2.75) is 13.3 Å². The Labute approximate surface area is 142 Å². The van der Waals surface area contributed by atoms with Crippen molar-refractivity contribution in [1.82, 2.24) is 4.90 Å². The predicted molar refractivity (Wildman–Crippen MR) is 95.0 cm³/mol. The van der Waals surface area contributed by atoms with Gasteiger partial charge in [0.25, 0.3) is 5.91 Å². The number of amides is 2. The Morgan fingerprint density at radius 1 is 1.04 bits per heavy atom. The van der Waals surface area contributed by atoms with Crippen LogP contribution >= 0.6 is 0 Å². The summed E-state index contributed by atoms with van der Waals surface area (Å²) in [6.45, 7) is 3.12. The maximum atomic E-state index is 12.7. The minimum Gasteiger partial charge on any atom is -0.338 e. The highest BCUT2D eigenvalue weighted by atomic mass is 16.2. The molecule has 1 saturated heterocycles. The second-order valence-electron chi connectivity index (χ2n) is 6.34. The highest BCUT2D eigenvalue weighted by molar-refractivity contribution is 5.97. The fourth-order valence-corrected chi connectivity index (χ4v) is 3.08. The Morgan fingerprint density at radius 3 is 2.38 bits per heavy atom. The van der Waals surface area contributed by atoms with Crippen LogP contribution in [0.15, 0.2) is 54.6 Å². The van der Waals surface area contributed by atoms with Gasteiger partial charge in [-0.3, -0.25) is 9.59 Å². The molecule has 0 aromatic heterocycles. The molecule has 0 aliphatic carbocycles. The summed E-state index contributed by atoms with van der Waals surface area (Å²) in [7, 11) is 1.79. The minimum atomic E-state index is -0.135. The summed E-state index contributed by atoms with van der Waals surface area (Å²) in [4.78, 5) is 28.7. The Morgan fingerprint density at radius 2 is 1.71 bits per heavy atom. The van der Waals surface area contributed by atoms with E-state index in [0.717, 1.165) is 11.3 Å². The molecule has 2 amide bonds. The monoisotopic (exact) mass is 322 g/mol. The summed E-state index contributed by atoms with van der Waals surface area (Å²) in [5.41, 5.74) is 2.70. The van der Waals surface area contributed by atoms with Crippen LogP contribution in [0.5, 0.6) is 0 Å². The first-order chi connectivity index (χ1) is 11.6. The predicted octanol–water partition coefficient (Wildman–Crippen LogP) is 3.12. The van der Waals surface area contributed by atoms with Crippen molar-refractivity contribution in [2.24, 2.45) is 5.92 Å². The van der Waals surface area contributed by atoms with Gasteiger partial charge in [-0.25, -0.2) is 0 Å². The van der Waals surface area contributed by atoms with Crippen molar-refractivity contribution >= 4 is 17.5 Å². The first kappa shape index (κ1) is 16.2. The summed E-state index contributed by atoms with van der Waals surface area (Å²) in [6.07, 6.45) is 0.716. The minimum absolute atomic E-state index is 0.00710. The number of likely N-dealkylation sites (tertiary alicyclic amines) is 1. The van der Waals surface area contributed by atoms with E-state index in [2.05, 4.69) is 0 Å². The normalized spacial score (nSPS) is 16.9. The zero-order valence-corrected chi connectivity index (χ0v) is 14.1. The maximum absolute atomic E-state index is 12.7. The summed E-state index contributed by atoms with van der Waals surface area (Å²) < 4.78 is 0. The molecule has 2 aromatic carbocycles. The van der Waals surface area contributed by atoms with E-state index in [1.165, 1.54) is 0 Å². The average Bonchev–Trinajstić information content (AvgIpc) is 3.11. The maximum Gasteiger partial charge on any atom is 0.253 e. The SMILES string of the molecule is Cc1ccc(C(=O)N2CCC(C(=O)N(C)c3ccccc3)C2)cc1. The molecular weight excluding hydrogens is 300 g/mol. The Balaban J connectivity index is 1.65. The van der Waals surface area contributed by atoms with Gasteiger partial charge in [-0.15, -0.1) is 0 Å². The number of rotatable bonds is 3. The molecule has 1 aliphatic rings. The molecule has 0 radical (unpaired) electrons. The summed E-state index contributed by atoms with van der Waals surface area (Å²) >= 11 is 0. The van der Waals surface area contributed by atoms with Gasteiger partial charge < -0.3 is 9.80 Å². The first-order valence-corrected chi connectivity index (χ1v) is 8.25. The van der Waals surface area contributed by atoms with Crippen LogP contribution in [0.4, 0.5) is 5.69 Å². The smallest absolute Gasteiger partial charge is 0.253 e. The fourth-order valence-electron chi connectivity index (χ4n) is 3.08. The quantitative estimate of drug-likeness (QED) is 0.871. The van der Waals surface area contributed by atoms with Crippen LogP contribution < -0.4 is 4.90 Å². The molecule has 24 heavy (non-hydrogen) atoms. The van der Waals surface area contributed by atoms with Gasteiger partial charge in [0.15, 0.2) is 0 Å². The molecule has 3 rings (SSSR count). The van der Waals surface area contributed by atoms with Crippen LogP contribution in [0, 0.1) is 12.8 Å². The molecule has 0 N–H and O–H groups in total. The third-order valence-corrected chi connectivity index (χ3v) is 4.60. The molecule has 0 bridgehead atoms. The van der Waals surface area contributed by atoms with E-state index in [9.17, 15) is 9.59 Å². The lowest BCUT2D eigenvalue weighted by Crippen LogP contribution is -2.36. The Kier molecular flexibility index (Phi) is 4.65. The highest BCUT2D eigenvalue weighted by Crippen LogP contribution is 2.23. The second-order valence-corrected chi connectivity index (χ2v) is 6.34. The average molecular weight is 322 g/mol. The van der Waals surface area contributed by atoms with E-state index in [1.54, 1.807) is 16.8 Å². The topological polar surface area (TPSA) is 40.6 Å². The lowest BCUT2D eigenvalue weighted by Gasteiger charge is -2.21. The van der Waals surface area contributed by atoms with Crippen LogP contribution in [0.1, 0.15) is 22.3 Å². The molecule has 1 aliphatic heterocycles. The molecule has 0 saturated carbocycles. The van der Waals surface area contributed by atoms with Gasteiger partial charge >= 0.3 is 0 Å². The van der Waals surface area contributed by atoms with Gasteiger partial charge in [0.1, 0.15) is 0 Å². The van der Waals surface area contributed by atoms with E-state index in [-0.39, 0.29) is 17.7 Å². The number of carbonyl (C=O) groups is 2.